The number of rotatable bonds is 4. The van der Waals surface area contributed by atoms with Crippen molar-refractivity contribution in [3.8, 4) is 33.4 Å². The van der Waals surface area contributed by atoms with Crippen molar-refractivity contribution < 1.29 is 0 Å². The third-order valence-electron chi connectivity index (χ3n) is 4.76. The molecule has 0 saturated carbocycles. The summed E-state index contributed by atoms with van der Waals surface area (Å²) in [6.45, 7) is 0. The van der Waals surface area contributed by atoms with Gasteiger partial charge in [-0.3, -0.25) is 0 Å². The van der Waals surface area contributed by atoms with Crippen LogP contribution in [0.15, 0.2) is 103 Å². The minimum absolute atomic E-state index is 0. The Hall–Kier alpha value is -2.26. The van der Waals surface area contributed by atoms with Gasteiger partial charge in [0.1, 0.15) is 0 Å². The van der Waals surface area contributed by atoms with Gasteiger partial charge in [-0.15, -0.1) is 0 Å². The first-order chi connectivity index (χ1) is 13.3. The normalized spacial score (nSPS) is 10.2. The van der Waals surface area contributed by atoms with Gasteiger partial charge in [0.05, 0.1) is 0 Å². The minimum atomic E-state index is 0. The molecule has 4 aromatic carbocycles. The van der Waals surface area contributed by atoms with Crippen LogP contribution in [0.4, 0.5) is 5.69 Å². The molecule has 0 bridgehead atoms. The summed E-state index contributed by atoms with van der Waals surface area (Å²) in [5.74, 6) is 0. The van der Waals surface area contributed by atoms with E-state index in [1.165, 1.54) is 39.1 Å². The molecule has 4 radical (unpaired) electrons. The number of benzene rings is 4. The second kappa shape index (κ2) is 9.29. The average Bonchev–Trinajstić information content (AvgIpc) is 2.74. The molecule has 0 spiro atoms. The Morgan fingerprint density at radius 2 is 0.929 bits per heavy atom. The Morgan fingerprint density at radius 1 is 0.536 bits per heavy atom. The van der Waals surface area contributed by atoms with Crippen LogP contribution in [0.1, 0.15) is 0 Å². The van der Waals surface area contributed by atoms with Crippen LogP contribution in [0.25, 0.3) is 33.4 Å². The van der Waals surface area contributed by atoms with E-state index in [1.807, 2.05) is 0 Å². The van der Waals surface area contributed by atoms with Crippen molar-refractivity contribution in [2.45, 2.75) is 0 Å². The Morgan fingerprint density at radius 3 is 1.39 bits per heavy atom. The van der Waals surface area contributed by atoms with E-state index in [0.29, 0.717) is 0 Å². The molecule has 4 aromatic rings. The quantitative estimate of drug-likeness (QED) is 0.398. The van der Waals surface area contributed by atoms with Gasteiger partial charge in [-0.05, 0) is 29.3 Å². The van der Waals surface area contributed by atoms with Gasteiger partial charge in [0.15, 0.2) is 0 Å². The second-order valence-corrected chi connectivity index (χ2v) is 7.37. The van der Waals surface area contributed by atoms with Gasteiger partial charge >= 0.3 is 33.9 Å². The molecule has 0 N–H and O–H groups in total. The third-order valence-corrected chi connectivity index (χ3v) is 5.02. The van der Waals surface area contributed by atoms with Gasteiger partial charge in [0, 0.05) is 16.8 Å². The zero-order valence-electron chi connectivity index (χ0n) is 15.9. The van der Waals surface area contributed by atoms with Crippen LogP contribution in [-0.2, 0) is 0 Å². The molecule has 130 valence electrons. The fourth-order valence-corrected chi connectivity index (χ4v) is 3.83. The third kappa shape index (κ3) is 4.10. The molecule has 0 aliphatic heterocycles. The van der Waals surface area contributed by atoms with E-state index in [0.717, 1.165) is 0 Å². The second-order valence-electron chi connectivity index (χ2n) is 6.59. The Bertz CT molecular complexity index is 1030. The van der Waals surface area contributed by atoms with Gasteiger partial charge in [0.2, 0.25) is 0 Å². The van der Waals surface area contributed by atoms with Crippen molar-refractivity contribution in [2.75, 3.05) is 10.9 Å². The van der Waals surface area contributed by atoms with Crippen LogP contribution in [0, 0.1) is 0 Å². The van der Waals surface area contributed by atoms with Gasteiger partial charge in [-0.25, -0.2) is 0 Å². The summed E-state index contributed by atoms with van der Waals surface area (Å²) in [6, 6.07) is 36.3. The van der Waals surface area contributed by atoms with Crippen LogP contribution < -0.4 is 3.88 Å². The van der Waals surface area contributed by atoms with Gasteiger partial charge in [-0.1, -0.05) is 103 Å². The summed E-state index contributed by atoms with van der Waals surface area (Å²) in [6.07, 6.45) is 0. The Balaban J connectivity index is 0.00000225. The van der Waals surface area contributed by atoms with Crippen molar-refractivity contribution in [2.24, 2.45) is 0 Å². The Kier molecular flexibility index (Phi) is 6.80. The smallest absolute Gasteiger partial charge is 0.480 e. The van der Waals surface area contributed by atoms with Crippen molar-refractivity contribution in [3.05, 3.63) is 103 Å². The predicted molar refractivity (Wildman–Crippen MR) is 123 cm³/mol. The maximum Gasteiger partial charge on any atom is 1.00 e. The summed E-state index contributed by atoms with van der Waals surface area (Å²) in [5, 5.41) is 0. The molecule has 0 unspecified atom stereocenters. The molecule has 0 amide bonds. The molecule has 0 aliphatic rings. The van der Waals surface area contributed by atoms with Crippen LogP contribution in [0.2, 0.25) is 0 Å². The molecule has 1 nitrogen and oxygen atoms in total. The van der Waals surface area contributed by atoms with E-state index in [9.17, 15) is 0 Å². The first kappa shape index (κ1) is 20.5. The summed E-state index contributed by atoms with van der Waals surface area (Å²) in [4.78, 5) is 0. The van der Waals surface area contributed by atoms with E-state index >= 15 is 0 Å². The maximum absolute atomic E-state index is 2.84. The first-order valence-electron chi connectivity index (χ1n) is 9.07. The molecule has 0 heterocycles. The number of hydrogen-bond donors (Lipinski definition) is 0. The topological polar surface area (TPSA) is 3.24 Å². The van der Waals surface area contributed by atoms with Crippen molar-refractivity contribution in [1.82, 2.24) is 0 Å². The maximum atomic E-state index is 2.84. The largest absolute Gasteiger partial charge is 1.00 e. The van der Waals surface area contributed by atoms with Crippen LogP contribution in [0.5, 0.6) is 0 Å². The molecule has 3 heteroatoms. The van der Waals surface area contributed by atoms with Crippen molar-refractivity contribution in [3.63, 3.8) is 0 Å². The molecule has 0 aromatic heterocycles. The van der Waals surface area contributed by atoms with Crippen LogP contribution in [0.3, 0.4) is 0 Å². The summed E-state index contributed by atoms with van der Waals surface area (Å²) < 4.78 is 2.15. The minimum Gasteiger partial charge on any atom is -0.480 e. The molecule has 4 rings (SSSR count). The fraction of sp³-hybridized carbons (Fsp3) is 0.0400. The van der Waals surface area contributed by atoms with E-state index in [1.54, 1.807) is 0 Å². The molecule has 0 saturated heterocycles. The molecular weight excluding hydrogens is 368 g/mol. The molecular formula is C25H20Al2N+. The van der Waals surface area contributed by atoms with Gasteiger partial charge in [-0.2, -0.15) is 0 Å². The number of hydrogen-bond acceptors (Lipinski definition) is 1. The Labute approximate surface area is 186 Å². The van der Waals surface area contributed by atoms with Crippen LogP contribution >= 0.6 is 0 Å². The summed E-state index contributed by atoms with van der Waals surface area (Å²) in [7, 11) is 2.09. The molecule has 0 atom stereocenters. The molecule has 0 aliphatic carbocycles. The van der Waals surface area contributed by atoms with Crippen LogP contribution in [-0.4, -0.2) is 40.9 Å². The van der Waals surface area contributed by atoms with Crippen molar-refractivity contribution in [1.29, 1.82) is 0 Å². The van der Waals surface area contributed by atoms with E-state index in [2.05, 4.69) is 131 Å². The number of nitrogens with zero attached hydrogens (tertiary/aromatic N) is 1. The molecule has 0 fully saturated rings. The van der Waals surface area contributed by atoms with E-state index in [4.69, 9.17) is 0 Å². The zero-order valence-corrected chi connectivity index (χ0v) is 18.2. The standard InChI is InChI=1S/C25H20N.2Al/c1-26-25-23(20-13-7-3-8-14-20)18-17-22(19-11-5-2-6-12-19)24(25)21-15-9-4-10-16-21;;/h2-18H,1H3;;/q-1;2*+1. The fourth-order valence-electron chi connectivity index (χ4n) is 3.56. The van der Waals surface area contributed by atoms with E-state index < -0.39 is 0 Å². The predicted octanol–water partition coefficient (Wildman–Crippen LogP) is 5.83. The van der Waals surface area contributed by atoms with Gasteiger partial charge < -0.3 is 3.88 Å². The van der Waals surface area contributed by atoms with Gasteiger partial charge in [0.25, 0.3) is 0 Å². The monoisotopic (exact) mass is 388 g/mol. The zero-order chi connectivity index (χ0) is 18.6. The SMILES string of the molecule is C[N]([Al])c1c(-c2ccccc2)ccc(-c2ccccc2)c1-c1ccccc1.[Al+]. The first-order valence-corrected chi connectivity index (χ1v) is 9.59. The summed E-state index contributed by atoms with van der Waals surface area (Å²) >= 11 is 2.84. The summed E-state index contributed by atoms with van der Waals surface area (Å²) in [5.41, 5.74) is 8.60. The van der Waals surface area contributed by atoms with Crippen molar-refractivity contribution >= 4 is 39.6 Å². The number of anilines is 1. The molecule has 28 heavy (non-hydrogen) atoms. The van der Waals surface area contributed by atoms with E-state index in [-0.39, 0.29) is 17.4 Å². The average molecular weight is 388 g/mol.